The fraction of sp³-hybridized carbons (Fsp3) is 0.650. The van der Waals surface area contributed by atoms with Crippen molar-refractivity contribution < 1.29 is 4.79 Å². The fourth-order valence-corrected chi connectivity index (χ4v) is 4.56. The molecule has 0 bridgehead atoms. The van der Waals surface area contributed by atoms with E-state index in [1.807, 2.05) is 49.1 Å². The Kier molecular flexibility index (Phi) is 6.61. The van der Waals surface area contributed by atoms with Gasteiger partial charge < -0.3 is 4.90 Å². The predicted molar refractivity (Wildman–Crippen MR) is 103 cm³/mol. The number of benzene rings is 1. The van der Waals surface area contributed by atoms with Crippen LogP contribution in [0.15, 0.2) is 30.3 Å². The number of nitrogens with zero attached hydrogens (tertiary/aromatic N) is 1. The molecule has 1 fully saturated rings. The molecule has 1 heterocycles. The minimum atomic E-state index is -0.867. The van der Waals surface area contributed by atoms with Crippen molar-refractivity contribution in [3.8, 4) is 0 Å². The molecule has 0 N–H and O–H groups in total. The molecule has 0 unspecified atom stereocenters. The molecule has 1 aliphatic rings. The van der Waals surface area contributed by atoms with Gasteiger partial charge in [0.1, 0.15) is 4.87 Å². The smallest absolute Gasteiger partial charge is 0.244 e. The summed E-state index contributed by atoms with van der Waals surface area (Å²) in [5.74, 6) is -0.00517. The van der Waals surface area contributed by atoms with Gasteiger partial charge in [-0.3, -0.25) is 4.79 Å². The highest BCUT2D eigenvalue weighted by molar-refractivity contribution is 6.37. The Labute approximate surface area is 156 Å². The third kappa shape index (κ3) is 4.46. The molecular formula is C20H29Cl2NO. The second kappa shape index (κ2) is 8.10. The summed E-state index contributed by atoms with van der Waals surface area (Å²) in [4.78, 5) is 13.6. The summed E-state index contributed by atoms with van der Waals surface area (Å²) in [6.07, 6.45) is 5.16. The van der Waals surface area contributed by atoms with Crippen LogP contribution in [-0.2, 0) is 11.3 Å². The number of unbranched alkanes of at least 4 members (excludes halogenated alkanes) is 3. The van der Waals surface area contributed by atoms with Crippen molar-refractivity contribution in [3.63, 3.8) is 0 Å². The van der Waals surface area contributed by atoms with Crippen molar-refractivity contribution >= 4 is 29.1 Å². The summed E-state index contributed by atoms with van der Waals surface area (Å²) in [5.41, 5.74) is 1.13. The highest BCUT2D eigenvalue weighted by atomic mass is 35.5. The summed E-state index contributed by atoms with van der Waals surface area (Å²) in [5, 5.41) is 0. The van der Waals surface area contributed by atoms with Crippen LogP contribution in [0.3, 0.4) is 0 Å². The number of alkyl halides is 2. The van der Waals surface area contributed by atoms with Gasteiger partial charge in [0.25, 0.3) is 0 Å². The molecule has 1 amide bonds. The zero-order valence-corrected chi connectivity index (χ0v) is 16.5. The van der Waals surface area contributed by atoms with E-state index in [4.69, 9.17) is 23.2 Å². The first-order valence-corrected chi connectivity index (χ1v) is 9.75. The third-order valence-corrected chi connectivity index (χ3v) is 5.91. The normalized spacial score (nSPS) is 24.6. The maximum absolute atomic E-state index is 13.1. The van der Waals surface area contributed by atoms with Gasteiger partial charge in [0.2, 0.25) is 5.91 Å². The zero-order chi connectivity index (χ0) is 17.8. The van der Waals surface area contributed by atoms with E-state index in [0.717, 1.165) is 18.4 Å². The third-order valence-electron chi connectivity index (χ3n) is 5.04. The maximum Gasteiger partial charge on any atom is 0.244 e. The lowest BCUT2D eigenvalue weighted by molar-refractivity contribution is -0.130. The lowest BCUT2D eigenvalue weighted by Gasteiger charge is -2.33. The van der Waals surface area contributed by atoms with Crippen LogP contribution >= 0.6 is 23.2 Å². The van der Waals surface area contributed by atoms with Crippen LogP contribution in [-0.4, -0.2) is 27.1 Å². The molecule has 2 rings (SSSR count). The molecule has 4 heteroatoms. The van der Waals surface area contributed by atoms with Crippen molar-refractivity contribution in [2.24, 2.45) is 5.92 Å². The van der Waals surface area contributed by atoms with Gasteiger partial charge >= 0.3 is 0 Å². The molecule has 0 aromatic heterocycles. The highest BCUT2D eigenvalue weighted by Gasteiger charge is 2.56. The largest absolute Gasteiger partial charge is 0.336 e. The van der Waals surface area contributed by atoms with Gasteiger partial charge in [0.05, 0.1) is 0 Å². The molecule has 2 atom stereocenters. The van der Waals surface area contributed by atoms with Crippen LogP contribution < -0.4 is 0 Å². The van der Waals surface area contributed by atoms with Crippen LogP contribution in [0.2, 0.25) is 0 Å². The van der Waals surface area contributed by atoms with Crippen molar-refractivity contribution in [1.82, 2.24) is 4.90 Å². The number of carbonyl (C=O) groups is 1. The molecule has 1 aromatic rings. The summed E-state index contributed by atoms with van der Waals surface area (Å²) in [6, 6.07) is 10.1. The van der Waals surface area contributed by atoms with E-state index in [9.17, 15) is 4.79 Å². The predicted octanol–water partition coefficient (Wildman–Crippen LogP) is 5.61. The van der Waals surface area contributed by atoms with Crippen LogP contribution in [0, 0.1) is 5.92 Å². The zero-order valence-electron chi connectivity index (χ0n) is 15.0. The molecule has 1 saturated heterocycles. The average Bonchev–Trinajstić information content (AvgIpc) is 2.78. The molecule has 134 valence electrons. The summed E-state index contributed by atoms with van der Waals surface area (Å²) in [7, 11) is 0. The Bertz CT molecular complexity index is 540. The first-order chi connectivity index (χ1) is 11.3. The second-order valence-electron chi connectivity index (χ2n) is 7.46. The van der Waals surface area contributed by atoms with E-state index in [-0.39, 0.29) is 11.8 Å². The highest BCUT2D eigenvalue weighted by Crippen LogP contribution is 2.47. The number of hydrogen-bond acceptors (Lipinski definition) is 1. The molecule has 0 radical (unpaired) electrons. The topological polar surface area (TPSA) is 20.3 Å². The Morgan fingerprint density at radius 3 is 2.46 bits per heavy atom. The molecule has 24 heavy (non-hydrogen) atoms. The van der Waals surface area contributed by atoms with Gasteiger partial charge in [0, 0.05) is 23.9 Å². The number of carbonyl (C=O) groups excluding carboxylic acids is 1. The molecule has 1 aromatic carbocycles. The van der Waals surface area contributed by atoms with Crippen molar-refractivity contribution in [2.45, 2.75) is 69.2 Å². The SMILES string of the molecule is CCCCCC[C@]1(Cl)C(=O)N(Cc2ccccc2)C[C@@H]1C(C)(C)Cl. The van der Waals surface area contributed by atoms with Crippen LogP contribution in [0.1, 0.15) is 58.4 Å². The quantitative estimate of drug-likeness (QED) is 0.430. The number of hydrogen-bond donors (Lipinski definition) is 0. The molecule has 1 aliphatic heterocycles. The summed E-state index contributed by atoms with van der Waals surface area (Å²) in [6.45, 7) is 7.36. The Morgan fingerprint density at radius 2 is 1.88 bits per heavy atom. The Hall–Kier alpha value is -0.730. The van der Waals surface area contributed by atoms with Gasteiger partial charge in [-0.25, -0.2) is 0 Å². The fourth-order valence-electron chi connectivity index (χ4n) is 3.65. The van der Waals surface area contributed by atoms with Gasteiger partial charge in [-0.2, -0.15) is 0 Å². The van der Waals surface area contributed by atoms with E-state index in [1.165, 1.54) is 12.8 Å². The van der Waals surface area contributed by atoms with Gasteiger partial charge in [0.15, 0.2) is 0 Å². The van der Waals surface area contributed by atoms with Gasteiger partial charge in [-0.1, -0.05) is 62.9 Å². The first-order valence-electron chi connectivity index (χ1n) is 9.00. The first kappa shape index (κ1) is 19.6. The minimum Gasteiger partial charge on any atom is -0.336 e. The van der Waals surface area contributed by atoms with E-state index in [0.29, 0.717) is 19.5 Å². The number of halogens is 2. The monoisotopic (exact) mass is 369 g/mol. The van der Waals surface area contributed by atoms with E-state index in [2.05, 4.69) is 6.92 Å². The number of likely N-dealkylation sites (tertiary alicyclic amines) is 1. The van der Waals surface area contributed by atoms with Crippen molar-refractivity contribution in [1.29, 1.82) is 0 Å². The van der Waals surface area contributed by atoms with Gasteiger partial charge in [-0.05, 0) is 25.8 Å². The second-order valence-corrected chi connectivity index (χ2v) is 9.11. The number of rotatable bonds is 8. The van der Waals surface area contributed by atoms with Crippen molar-refractivity contribution in [3.05, 3.63) is 35.9 Å². The average molecular weight is 370 g/mol. The lowest BCUT2D eigenvalue weighted by Crippen LogP contribution is -2.44. The number of amides is 1. The van der Waals surface area contributed by atoms with Crippen LogP contribution in [0.5, 0.6) is 0 Å². The molecule has 0 spiro atoms. The van der Waals surface area contributed by atoms with Crippen LogP contribution in [0.25, 0.3) is 0 Å². The minimum absolute atomic E-state index is 0.0447. The Morgan fingerprint density at radius 1 is 1.21 bits per heavy atom. The van der Waals surface area contributed by atoms with Crippen LogP contribution in [0.4, 0.5) is 0 Å². The lowest BCUT2D eigenvalue weighted by atomic mass is 9.81. The summed E-state index contributed by atoms with van der Waals surface area (Å²) >= 11 is 13.6. The molecule has 2 nitrogen and oxygen atoms in total. The summed E-state index contributed by atoms with van der Waals surface area (Å²) < 4.78 is 0. The van der Waals surface area contributed by atoms with Crippen molar-refractivity contribution in [2.75, 3.05) is 6.54 Å². The molecule has 0 saturated carbocycles. The molecular weight excluding hydrogens is 341 g/mol. The maximum atomic E-state index is 13.1. The van der Waals surface area contributed by atoms with Gasteiger partial charge in [-0.15, -0.1) is 23.2 Å². The van der Waals surface area contributed by atoms with E-state index < -0.39 is 9.75 Å². The molecule has 0 aliphatic carbocycles. The van der Waals surface area contributed by atoms with E-state index in [1.54, 1.807) is 0 Å². The van der Waals surface area contributed by atoms with E-state index >= 15 is 0 Å². The Balaban J connectivity index is 2.15. The standard InChI is InChI=1S/C20H29Cl2NO/c1-4-5-6-10-13-20(22)17(19(2,3)21)15-23(18(20)24)14-16-11-8-7-9-12-16/h7-9,11-12,17H,4-6,10,13-15H2,1-3H3/t17-,20-/m1/s1.